The van der Waals surface area contributed by atoms with E-state index in [0.717, 1.165) is 12.0 Å². The fourth-order valence-corrected chi connectivity index (χ4v) is 2.93. The van der Waals surface area contributed by atoms with Crippen LogP contribution in [0.25, 0.3) is 0 Å². The Morgan fingerprint density at radius 2 is 1.76 bits per heavy atom. The number of rotatable bonds is 4. The maximum atomic E-state index is 3.78. The molecule has 2 rings (SSSR count). The molecule has 17 heavy (non-hydrogen) atoms. The molecule has 1 aromatic rings. The van der Waals surface area contributed by atoms with Gasteiger partial charge in [-0.2, -0.15) is 0 Å². The molecule has 0 radical (unpaired) electrons. The summed E-state index contributed by atoms with van der Waals surface area (Å²) in [6.45, 7) is 4.60. The number of hydrogen-bond acceptors (Lipinski definition) is 1. The van der Waals surface area contributed by atoms with E-state index in [9.17, 15) is 0 Å². The maximum Gasteiger partial charge on any atom is 0.0294 e. The van der Waals surface area contributed by atoms with Crippen molar-refractivity contribution in [1.29, 1.82) is 0 Å². The summed E-state index contributed by atoms with van der Waals surface area (Å²) in [5.41, 5.74) is 1.41. The Bertz CT molecular complexity index is 312. The van der Waals surface area contributed by atoms with Crippen molar-refractivity contribution in [1.82, 2.24) is 5.32 Å². The van der Waals surface area contributed by atoms with Crippen LogP contribution in [0.1, 0.15) is 57.6 Å². The summed E-state index contributed by atoms with van der Waals surface area (Å²) < 4.78 is 0. The standard InChI is InChI=1S/C16H25N/c1-3-14-9-11-16(12-10-14)17-13(2)15-7-5-4-6-8-15/h4-8,13-14,16-17H,3,9-12H2,1-2H3/t13-,14?,16?/m1/s1. The lowest BCUT2D eigenvalue weighted by Gasteiger charge is -2.31. The highest BCUT2D eigenvalue weighted by molar-refractivity contribution is 5.18. The monoisotopic (exact) mass is 231 g/mol. The fraction of sp³-hybridized carbons (Fsp3) is 0.625. The van der Waals surface area contributed by atoms with Crippen molar-refractivity contribution in [2.24, 2.45) is 5.92 Å². The van der Waals surface area contributed by atoms with Gasteiger partial charge in [0.05, 0.1) is 0 Å². The van der Waals surface area contributed by atoms with Gasteiger partial charge in [0.2, 0.25) is 0 Å². The molecule has 0 heterocycles. The van der Waals surface area contributed by atoms with Crippen LogP contribution in [0.2, 0.25) is 0 Å². The van der Waals surface area contributed by atoms with Crippen LogP contribution in [-0.4, -0.2) is 6.04 Å². The molecule has 0 aliphatic heterocycles. The Hall–Kier alpha value is -0.820. The second kappa shape index (κ2) is 6.20. The van der Waals surface area contributed by atoms with E-state index in [1.165, 1.54) is 37.7 Å². The molecular weight excluding hydrogens is 206 g/mol. The molecule has 1 nitrogen and oxygen atoms in total. The zero-order valence-electron chi connectivity index (χ0n) is 11.2. The minimum absolute atomic E-state index is 0.486. The quantitative estimate of drug-likeness (QED) is 0.814. The minimum Gasteiger partial charge on any atom is -0.307 e. The van der Waals surface area contributed by atoms with Crippen molar-refractivity contribution in [3.05, 3.63) is 35.9 Å². The topological polar surface area (TPSA) is 12.0 Å². The van der Waals surface area contributed by atoms with Gasteiger partial charge in [0.1, 0.15) is 0 Å². The van der Waals surface area contributed by atoms with Crippen LogP contribution in [0.15, 0.2) is 30.3 Å². The summed E-state index contributed by atoms with van der Waals surface area (Å²) in [6, 6.07) is 12.0. The third-order valence-corrected chi connectivity index (χ3v) is 4.21. The first-order chi connectivity index (χ1) is 8.29. The SMILES string of the molecule is CCC1CCC(N[C@H](C)c2ccccc2)CC1. The number of benzene rings is 1. The molecule has 0 spiro atoms. The van der Waals surface area contributed by atoms with E-state index >= 15 is 0 Å². The summed E-state index contributed by atoms with van der Waals surface area (Å²) in [5.74, 6) is 0.986. The van der Waals surface area contributed by atoms with Gasteiger partial charge < -0.3 is 5.32 Å². The molecule has 1 fully saturated rings. The first-order valence-electron chi connectivity index (χ1n) is 7.10. The van der Waals surface area contributed by atoms with Crippen molar-refractivity contribution in [2.45, 2.75) is 58.0 Å². The van der Waals surface area contributed by atoms with E-state index in [1.807, 2.05) is 0 Å². The summed E-state index contributed by atoms with van der Waals surface area (Å²) in [4.78, 5) is 0. The van der Waals surface area contributed by atoms with Crippen molar-refractivity contribution < 1.29 is 0 Å². The summed E-state index contributed by atoms with van der Waals surface area (Å²) >= 11 is 0. The molecule has 0 unspecified atom stereocenters. The van der Waals surface area contributed by atoms with Crippen LogP contribution >= 0.6 is 0 Å². The summed E-state index contributed by atoms with van der Waals surface area (Å²) in [5, 5.41) is 3.78. The zero-order valence-corrected chi connectivity index (χ0v) is 11.2. The van der Waals surface area contributed by atoms with Gasteiger partial charge >= 0.3 is 0 Å². The second-order valence-corrected chi connectivity index (χ2v) is 5.42. The van der Waals surface area contributed by atoms with Crippen molar-refractivity contribution >= 4 is 0 Å². The predicted octanol–water partition coefficient (Wildman–Crippen LogP) is 4.31. The molecule has 94 valence electrons. The molecule has 1 atom stereocenters. The van der Waals surface area contributed by atoms with Gasteiger partial charge in [-0.05, 0) is 44.1 Å². The highest BCUT2D eigenvalue weighted by atomic mass is 14.9. The van der Waals surface area contributed by atoms with E-state index in [2.05, 4.69) is 49.5 Å². The predicted molar refractivity (Wildman–Crippen MR) is 74.0 cm³/mol. The minimum atomic E-state index is 0.486. The van der Waals surface area contributed by atoms with E-state index in [4.69, 9.17) is 0 Å². The second-order valence-electron chi connectivity index (χ2n) is 5.42. The van der Waals surface area contributed by atoms with Gasteiger partial charge in [-0.15, -0.1) is 0 Å². The van der Waals surface area contributed by atoms with Gasteiger partial charge in [0.15, 0.2) is 0 Å². The first kappa shape index (κ1) is 12.6. The molecular formula is C16H25N. The van der Waals surface area contributed by atoms with Gasteiger partial charge in [0, 0.05) is 12.1 Å². The molecule has 1 aromatic carbocycles. The van der Waals surface area contributed by atoms with E-state index in [-0.39, 0.29) is 0 Å². The molecule has 0 bridgehead atoms. The zero-order chi connectivity index (χ0) is 12.1. The largest absolute Gasteiger partial charge is 0.307 e. The van der Waals surface area contributed by atoms with Crippen molar-refractivity contribution in [2.75, 3.05) is 0 Å². The summed E-state index contributed by atoms with van der Waals surface area (Å²) in [6.07, 6.45) is 6.90. The lowest BCUT2D eigenvalue weighted by Crippen LogP contribution is -2.34. The van der Waals surface area contributed by atoms with Crippen LogP contribution in [0.4, 0.5) is 0 Å². The van der Waals surface area contributed by atoms with Crippen LogP contribution < -0.4 is 5.32 Å². The molecule has 0 saturated heterocycles. The molecule has 1 aliphatic rings. The van der Waals surface area contributed by atoms with E-state index in [1.54, 1.807) is 0 Å². The molecule has 1 aliphatic carbocycles. The average molecular weight is 231 g/mol. The van der Waals surface area contributed by atoms with Crippen molar-refractivity contribution in [3.63, 3.8) is 0 Å². The normalized spacial score (nSPS) is 26.7. The highest BCUT2D eigenvalue weighted by Gasteiger charge is 2.21. The molecule has 0 aromatic heterocycles. The lowest BCUT2D eigenvalue weighted by molar-refractivity contribution is 0.273. The Balaban J connectivity index is 1.82. The van der Waals surface area contributed by atoms with E-state index in [0.29, 0.717) is 6.04 Å². The first-order valence-corrected chi connectivity index (χ1v) is 7.10. The van der Waals surface area contributed by atoms with Crippen LogP contribution in [0.5, 0.6) is 0 Å². The number of hydrogen-bond donors (Lipinski definition) is 1. The average Bonchev–Trinajstić information content (AvgIpc) is 2.40. The molecule has 1 saturated carbocycles. The summed E-state index contributed by atoms with van der Waals surface area (Å²) in [7, 11) is 0. The fourth-order valence-electron chi connectivity index (χ4n) is 2.93. The van der Waals surface area contributed by atoms with Gasteiger partial charge in [-0.3, -0.25) is 0 Å². The highest BCUT2D eigenvalue weighted by Crippen LogP contribution is 2.27. The smallest absolute Gasteiger partial charge is 0.0294 e. The lowest BCUT2D eigenvalue weighted by atomic mass is 9.84. The Morgan fingerprint density at radius 3 is 2.35 bits per heavy atom. The van der Waals surface area contributed by atoms with Crippen LogP contribution in [0.3, 0.4) is 0 Å². The molecule has 1 N–H and O–H groups in total. The third kappa shape index (κ3) is 3.57. The Kier molecular flexibility index (Phi) is 4.61. The van der Waals surface area contributed by atoms with Gasteiger partial charge in [-0.25, -0.2) is 0 Å². The molecule has 0 amide bonds. The maximum absolute atomic E-state index is 3.78. The van der Waals surface area contributed by atoms with Gasteiger partial charge in [-0.1, -0.05) is 43.7 Å². The third-order valence-electron chi connectivity index (χ3n) is 4.21. The molecule has 1 heteroatoms. The van der Waals surface area contributed by atoms with Crippen molar-refractivity contribution in [3.8, 4) is 0 Å². The Labute approximate surface area is 106 Å². The van der Waals surface area contributed by atoms with Crippen LogP contribution in [-0.2, 0) is 0 Å². The van der Waals surface area contributed by atoms with Crippen LogP contribution in [0, 0.1) is 5.92 Å². The Morgan fingerprint density at radius 1 is 1.12 bits per heavy atom. The van der Waals surface area contributed by atoms with Gasteiger partial charge in [0.25, 0.3) is 0 Å². The van der Waals surface area contributed by atoms with E-state index < -0.39 is 0 Å². The number of nitrogens with one attached hydrogen (secondary N) is 1.